The summed E-state index contributed by atoms with van der Waals surface area (Å²) in [6, 6.07) is 17.9. The van der Waals surface area contributed by atoms with Crippen LogP contribution in [0.2, 0.25) is 0 Å². The maximum Gasteiger partial charge on any atom is 0.247 e. The smallest absolute Gasteiger partial charge is 0.247 e. The van der Waals surface area contributed by atoms with Crippen LogP contribution in [-0.4, -0.2) is 81.1 Å². The van der Waals surface area contributed by atoms with Crippen LogP contribution < -0.4 is 10.2 Å². The van der Waals surface area contributed by atoms with Gasteiger partial charge < -0.3 is 24.8 Å². The molecule has 0 radical (unpaired) electrons. The molecule has 3 aliphatic rings. The molecule has 2 amide bonds. The molecule has 2 aromatic rings. The number of likely N-dealkylation sites (tertiary alicyclic amines) is 2. The van der Waals surface area contributed by atoms with Gasteiger partial charge in [0.15, 0.2) is 0 Å². The fourth-order valence-electron chi connectivity index (χ4n) is 6.40. The van der Waals surface area contributed by atoms with E-state index in [0.29, 0.717) is 19.7 Å². The van der Waals surface area contributed by atoms with Gasteiger partial charge in [0, 0.05) is 44.3 Å². The zero-order chi connectivity index (χ0) is 25.8. The largest absolute Gasteiger partial charge is 0.374 e. The lowest BCUT2D eigenvalue weighted by Gasteiger charge is -2.41. The van der Waals surface area contributed by atoms with Gasteiger partial charge in [-0.25, -0.2) is 0 Å². The predicted molar refractivity (Wildman–Crippen MR) is 145 cm³/mol. The lowest BCUT2D eigenvalue weighted by Crippen LogP contribution is -2.56. The number of carbonyl (C=O) groups excluding carboxylic acids is 2. The number of hydrogen-bond donors (Lipinski definition) is 1. The van der Waals surface area contributed by atoms with Crippen LogP contribution in [0.4, 0.5) is 5.69 Å². The normalized spacial score (nSPS) is 22.1. The van der Waals surface area contributed by atoms with E-state index in [1.165, 1.54) is 11.3 Å². The number of carbonyl (C=O) groups is 2. The molecule has 0 saturated carbocycles. The van der Waals surface area contributed by atoms with E-state index in [9.17, 15) is 9.59 Å². The Morgan fingerprint density at radius 2 is 1.76 bits per heavy atom. The molecule has 2 fully saturated rings. The molecule has 7 nitrogen and oxygen atoms in total. The third-order valence-corrected chi connectivity index (χ3v) is 8.46. The number of piperidine rings is 2. The summed E-state index contributed by atoms with van der Waals surface area (Å²) in [5.41, 5.74) is 3.86. The summed E-state index contributed by atoms with van der Waals surface area (Å²) in [7, 11) is 4.21. The predicted octanol–water partition coefficient (Wildman–Crippen LogP) is 3.04. The van der Waals surface area contributed by atoms with Gasteiger partial charge in [-0.3, -0.25) is 9.59 Å². The second kappa shape index (κ2) is 11.2. The first-order valence-corrected chi connectivity index (χ1v) is 13.7. The first-order valence-electron chi connectivity index (χ1n) is 13.7. The first-order chi connectivity index (χ1) is 17.9. The SMILES string of the molecule is CN1CCCC(C(=O)N[C@H](COCc2ccccc2)C(=O)N2CCC3(CC2)CN(C)c2ccccc23)C1. The van der Waals surface area contributed by atoms with Gasteiger partial charge >= 0.3 is 0 Å². The van der Waals surface area contributed by atoms with E-state index in [4.69, 9.17) is 4.74 Å². The Hall–Kier alpha value is -2.90. The van der Waals surface area contributed by atoms with Crippen LogP contribution in [0, 0.1) is 5.92 Å². The molecular weight excluding hydrogens is 464 g/mol. The van der Waals surface area contributed by atoms with Gasteiger partial charge in [0.1, 0.15) is 6.04 Å². The van der Waals surface area contributed by atoms with Crippen molar-refractivity contribution in [1.82, 2.24) is 15.1 Å². The van der Waals surface area contributed by atoms with Crippen LogP contribution in [0.1, 0.15) is 36.8 Å². The van der Waals surface area contributed by atoms with Crippen molar-refractivity contribution < 1.29 is 14.3 Å². The van der Waals surface area contributed by atoms with Gasteiger partial charge in [-0.2, -0.15) is 0 Å². The summed E-state index contributed by atoms with van der Waals surface area (Å²) in [6.07, 6.45) is 3.72. The van der Waals surface area contributed by atoms with Crippen LogP contribution in [0.15, 0.2) is 54.6 Å². The number of amides is 2. The number of hydrogen-bond acceptors (Lipinski definition) is 5. The Bertz CT molecular complexity index is 1080. The zero-order valence-electron chi connectivity index (χ0n) is 22.2. The van der Waals surface area contributed by atoms with Crippen molar-refractivity contribution in [3.63, 3.8) is 0 Å². The molecule has 198 valence electrons. The number of nitrogens with zero attached hydrogens (tertiary/aromatic N) is 3. The van der Waals surface area contributed by atoms with E-state index < -0.39 is 6.04 Å². The lowest BCUT2D eigenvalue weighted by molar-refractivity contribution is -0.141. The van der Waals surface area contributed by atoms with Crippen LogP contribution in [0.5, 0.6) is 0 Å². The highest BCUT2D eigenvalue weighted by molar-refractivity contribution is 5.89. The summed E-state index contributed by atoms with van der Waals surface area (Å²) >= 11 is 0. The number of benzene rings is 2. The molecule has 2 aromatic carbocycles. The van der Waals surface area contributed by atoms with E-state index >= 15 is 0 Å². The first kappa shape index (κ1) is 25.7. The maximum absolute atomic E-state index is 13.7. The van der Waals surface area contributed by atoms with Gasteiger partial charge in [0.25, 0.3) is 0 Å². The lowest BCUT2D eigenvalue weighted by atomic mass is 9.74. The summed E-state index contributed by atoms with van der Waals surface area (Å²) < 4.78 is 5.98. The van der Waals surface area contributed by atoms with Gasteiger partial charge in [-0.1, -0.05) is 48.5 Å². The number of anilines is 1. The molecule has 0 bridgehead atoms. The monoisotopic (exact) mass is 504 g/mol. The second-order valence-corrected chi connectivity index (χ2v) is 11.1. The molecule has 1 spiro atoms. The van der Waals surface area contributed by atoms with Crippen molar-refractivity contribution >= 4 is 17.5 Å². The molecule has 0 aliphatic carbocycles. The molecule has 1 unspecified atom stereocenters. The maximum atomic E-state index is 13.7. The third kappa shape index (κ3) is 5.68. The fraction of sp³-hybridized carbons (Fsp3) is 0.533. The minimum Gasteiger partial charge on any atom is -0.374 e. The minimum atomic E-state index is -0.670. The Balaban J connectivity index is 1.24. The molecular formula is C30H40N4O3. The van der Waals surface area contributed by atoms with E-state index in [1.807, 2.05) is 42.3 Å². The highest BCUT2D eigenvalue weighted by Gasteiger charge is 2.44. The Labute approximate surface area is 220 Å². The van der Waals surface area contributed by atoms with Crippen molar-refractivity contribution in [1.29, 1.82) is 0 Å². The molecule has 2 atom stereocenters. The Morgan fingerprint density at radius 1 is 1.03 bits per heavy atom. The van der Waals surface area contributed by atoms with Crippen LogP contribution in [0.3, 0.4) is 0 Å². The molecule has 7 heteroatoms. The van der Waals surface area contributed by atoms with Gasteiger partial charge in [0.05, 0.1) is 19.1 Å². The van der Waals surface area contributed by atoms with Crippen molar-refractivity contribution in [3.05, 3.63) is 65.7 Å². The molecule has 1 N–H and O–H groups in total. The summed E-state index contributed by atoms with van der Waals surface area (Å²) in [5.74, 6) is -0.147. The molecule has 0 aromatic heterocycles. The number of likely N-dealkylation sites (N-methyl/N-ethyl adjacent to an activating group) is 1. The van der Waals surface area contributed by atoms with Crippen molar-refractivity contribution in [3.8, 4) is 0 Å². The van der Waals surface area contributed by atoms with Gasteiger partial charge in [0.2, 0.25) is 11.8 Å². The number of fused-ring (bicyclic) bond motifs is 2. The topological polar surface area (TPSA) is 65.1 Å². The Morgan fingerprint density at radius 3 is 2.51 bits per heavy atom. The highest BCUT2D eigenvalue weighted by Crippen LogP contribution is 2.46. The van der Waals surface area contributed by atoms with Crippen LogP contribution >= 0.6 is 0 Å². The van der Waals surface area contributed by atoms with Crippen molar-refractivity contribution in [2.45, 2.75) is 43.7 Å². The van der Waals surface area contributed by atoms with Crippen molar-refractivity contribution in [2.75, 3.05) is 58.3 Å². The van der Waals surface area contributed by atoms with Crippen LogP contribution in [-0.2, 0) is 26.3 Å². The highest BCUT2D eigenvalue weighted by atomic mass is 16.5. The Kier molecular flexibility index (Phi) is 7.81. The number of ether oxygens (including phenoxy) is 1. The van der Waals surface area contributed by atoms with Gasteiger partial charge in [-0.15, -0.1) is 0 Å². The zero-order valence-corrected chi connectivity index (χ0v) is 22.2. The standard InChI is InChI=1S/C30H40N4O3/c1-32-16-8-11-24(19-32)28(35)31-26(21-37-20-23-9-4-3-5-10-23)29(36)34-17-14-30(15-18-34)22-33(2)27-13-7-6-12-25(27)30/h3-7,9-10,12-13,24,26H,8,11,14-22H2,1-2H3,(H,31,35)/t24?,26-/m1/s1. The summed E-state index contributed by atoms with van der Waals surface area (Å²) in [6.45, 7) is 4.71. The second-order valence-electron chi connectivity index (χ2n) is 11.1. The fourth-order valence-corrected chi connectivity index (χ4v) is 6.40. The third-order valence-electron chi connectivity index (χ3n) is 8.46. The van der Waals surface area contributed by atoms with E-state index in [2.05, 4.69) is 46.4 Å². The number of nitrogens with one attached hydrogen (secondary N) is 1. The average Bonchev–Trinajstić information content (AvgIpc) is 3.19. The summed E-state index contributed by atoms with van der Waals surface area (Å²) in [5, 5.41) is 3.08. The van der Waals surface area contributed by atoms with E-state index in [1.54, 1.807) is 0 Å². The minimum absolute atomic E-state index is 0.0277. The molecule has 2 saturated heterocycles. The van der Waals surface area contributed by atoms with Crippen LogP contribution in [0.25, 0.3) is 0 Å². The summed E-state index contributed by atoms with van der Waals surface area (Å²) in [4.78, 5) is 33.4. The average molecular weight is 505 g/mol. The molecule has 3 aliphatic heterocycles. The quantitative estimate of drug-likeness (QED) is 0.628. The molecule has 3 heterocycles. The van der Waals surface area contributed by atoms with E-state index in [-0.39, 0.29) is 29.8 Å². The molecule has 37 heavy (non-hydrogen) atoms. The van der Waals surface area contributed by atoms with Gasteiger partial charge in [-0.05, 0) is 56.5 Å². The van der Waals surface area contributed by atoms with E-state index in [0.717, 1.165) is 50.9 Å². The van der Waals surface area contributed by atoms with Crippen molar-refractivity contribution in [2.24, 2.45) is 5.92 Å². The number of rotatable bonds is 7. The molecule has 5 rings (SSSR count). The number of para-hydroxylation sites is 1.